The predicted octanol–water partition coefficient (Wildman–Crippen LogP) is 0.558. The monoisotopic (exact) mass is 265 g/mol. The second-order valence-electron chi connectivity index (χ2n) is 3.03. The average Bonchev–Trinajstić information content (AvgIpc) is 2.14. The molecule has 0 bridgehead atoms. The molecule has 0 aromatic heterocycles. The van der Waals surface area contributed by atoms with Crippen LogP contribution in [0.4, 0.5) is 4.39 Å². The van der Waals surface area contributed by atoms with E-state index in [-0.39, 0.29) is 5.82 Å². The molecule has 0 heterocycles. The van der Waals surface area contributed by atoms with Gasteiger partial charge in [0.1, 0.15) is 5.82 Å². The highest BCUT2D eigenvalue weighted by Gasteiger charge is 2.06. The van der Waals surface area contributed by atoms with Crippen molar-refractivity contribution < 1.29 is 28.4 Å². The summed E-state index contributed by atoms with van der Waals surface area (Å²) in [5.74, 6) is -0.844. The number of hydrogen-bond donors (Lipinski definition) is 4. The van der Waals surface area contributed by atoms with E-state index in [0.717, 1.165) is 0 Å². The normalized spacial score (nSPS) is 10.4. The third-order valence-electron chi connectivity index (χ3n) is 1.71. The van der Waals surface area contributed by atoms with E-state index >= 15 is 0 Å². The van der Waals surface area contributed by atoms with Gasteiger partial charge in [0, 0.05) is 5.56 Å². The first-order chi connectivity index (χ1) is 7.65. The number of aryl methyl sites for hydroxylation is 1. The number of rotatable bonds is 2. The average molecular weight is 265 g/mol. The van der Waals surface area contributed by atoms with Gasteiger partial charge >= 0.3 is 7.82 Å². The van der Waals surface area contributed by atoms with E-state index in [1.165, 1.54) is 18.2 Å². The number of carbonyl (C=O) groups is 1. The lowest BCUT2D eigenvalue weighted by molar-refractivity contribution is 0.0999. The van der Waals surface area contributed by atoms with Crippen LogP contribution in [-0.2, 0) is 11.0 Å². The Bertz CT molecular complexity index is 437. The van der Waals surface area contributed by atoms with Crippen molar-refractivity contribution in [3.05, 3.63) is 35.1 Å². The van der Waals surface area contributed by atoms with E-state index in [9.17, 15) is 9.18 Å². The van der Waals surface area contributed by atoms with E-state index in [1.54, 1.807) is 0 Å². The van der Waals surface area contributed by atoms with Crippen LogP contribution >= 0.6 is 7.82 Å². The first-order valence-corrected chi connectivity index (χ1v) is 6.08. The highest BCUT2D eigenvalue weighted by molar-refractivity contribution is 7.45. The summed E-state index contributed by atoms with van der Waals surface area (Å²) in [6.07, 6.45) is 0.607. The Hall–Kier alpha value is -1.27. The van der Waals surface area contributed by atoms with E-state index < -0.39 is 13.7 Å². The first kappa shape index (κ1) is 15.7. The Morgan fingerprint density at radius 2 is 1.88 bits per heavy atom. The van der Waals surface area contributed by atoms with Gasteiger partial charge in [0.2, 0.25) is 5.91 Å². The van der Waals surface area contributed by atoms with Crippen LogP contribution < -0.4 is 5.73 Å². The summed E-state index contributed by atoms with van der Waals surface area (Å²) in [4.78, 5) is 32.4. The van der Waals surface area contributed by atoms with Crippen molar-refractivity contribution in [3.8, 4) is 0 Å². The second kappa shape index (κ2) is 6.46. The SMILES string of the molecule is CCc1cc(F)ccc1C(N)=O.O=P(O)(O)O. The van der Waals surface area contributed by atoms with Crippen molar-refractivity contribution in [3.63, 3.8) is 0 Å². The van der Waals surface area contributed by atoms with E-state index in [1.807, 2.05) is 6.92 Å². The van der Waals surface area contributed by atoms with Crippen LogP contribution in [0.5, 0.6) is 0 Å². The summed E-state index contributed by atoms with van der Waals surface area (Å²) in [6, 6.07) is 3.98. The molecule has 5 N–H and O–H groups in total. The third-order valence-corrected chi connectivity index (χ3v) is 1.71. The van der Waals surface area contributed by atoms with Crippen LogP contribution in [0.15, 0.2) is 18.2 Å². The minimum Gasteiger partial charge on any atom is -0.366 e. The fourth-order valence-electron chi connectivity index (χ4n) is 1.10. The molecule has 1 aromatic rings. The van der Waals surface area contributed by atoms with Gasteiger partial charge in [-0.1, -0.05) is 6.92 Å². The molecule has 0 atom stereocenters. The number of phosphoric acid groups is 1. The highest BCUT2D eigenvalue weighted by Crippen LogP contribution is 2.25. The molecule has 8 heteroatoms. The van der Waals surface area contributed by atoms with Crippen LogP contribution in [0.3, 0.4) is 0 Å². The summed E-state index contributed by atoms with van der Waals surface area (Å²) in [5.41, 5.74) is 6.14. The fraction of sp³-hybridized carbons (Fsp3) is 0.222. The Labute approximate surface area is 97.1 Å². The van der Waals surface area contributed by atoms with Gasteiger partial charge in [-0.3, -0.25) is 4.79 Å². The number of halogens is 1. The van der Waals surface area contributed by atoms with Crippen molar-refractivity contribution in [2.75, 3.05) is 0 Å². The molecule has 6 nitrogen and oxygen atoms in total. The molecule has 0 spiro atoms. The zero-order valence-corrected chi connectivity index (χ0v) is 9.89. The number of hydrogen-bond acceptors (Lipinski definition) is 2. The maximum atomic E-state index is 12.6. The molecule has 1 amide bonds. The molecule has 0 aliphatic heterocycles. The molecule has 17 heavy (non-hydrogen) atoms. The van der Waals surface area contributed by atoms with Gasteiger partial charge in [0.25, 0.3) is 0 Å². The van der Waals surface area contributed by atoms with Crippen LogP contribution in [0, 0.1) is 5.82 Å². The number of amides is 1. The topological polar surface area (TPSA) is 121 Å². The smallest absolute Gasteiger partial charge is 0.366 e. The Kier molecular flexibility index (Phi) is 5.98. The summed E-state index contributed by atoms with van der Waals surface area (Å²) >= 11 is 0. The molecule has 0 aliphatic carbocycles. The third kappa shape index (κ3) is 7.59. The Morgan fingerprint density at radius 1 is 1.41 bits per heavy atom. The fourth-order valence-corrected chi connectivity index (χ4v) is 1.10. The van der Waals surface area contributed by atoms with Crippen molar-refractivity contribution in [1.82, 2.24) is 0 Å². The molecule has 0 aliphatic rings. The molecule has 0 saturated heterocycles. The molecule has 96 valence electrons. The molecule has 1 rings (SSSR count). The molecule has 0 fully saturated rings. The number of nitrogens with two attached hydrogens (primary N) is 1. The Morgan fingerprint density at radius 3 is 2.24 bits per heavy atom. The maximum Gasteiger partial charge on any atom is 0.466 e. The summed E-state index contributed by atoms with van der Waals surface area (Å²) in [7, 11) is -4.64. The van der Waals surface area contributed by atoms with Crippen molar-refractivity contribution in [1.29, 1.82) is 0 Å². The lowest BCUT2D eigenvalue weighted by atomic mass is 10.0. The van der Waals surface area contributed by atoms with Gasteiger partial charge in [0.05, 0.1) is 0 Å². The second-order valence-corrected chi connectivity index (χ2v) is 4.06. The summed E-state index contributed by atoms with van der Waals surface area (Å²) in [6.45, 7) is 1.85. The highest BCUT2D eigenvalue weighted by atomic mass is 31.2. The largest absolute Gasteiger partial charge is 0.466 e. The number of benzene rings is 1. The van der Waals surface area contributed by atoms with E-state index in [4.69, 9.17) is 25.0 Å². The van der Waals surface area contributed by atoms with Gasteiger partial charge in [0.15, 0.2) is 0 Å². The van der Waals surface area contributed by atoms with Gasteiger partial charge in [-0.2, -0.15) is 0 Å². The number of carbonyl (C=O) groups excluding carboxylic acids is 1. The first-order valence-electron chi connectivity index (χ1n) is 4.51. The predicted molar refractivity (Wildman–Crippen MR) is 58.6 cm³/mol. The van der Waals surface area contributed by atoms with Gasteiger partial charge in [-0.15, -0.1) is 0 Å². The maximum absolute atomic E-state index is 12.6. The lowest BCUT2D eigenvalue weighted by Crippen LogP contribution is -2.13. The quantitative estimate of drug-likeness (QED) is 0.582. The van der Waals surface area contributed by atoms with E-state index in [2.05, 4.69) is 0 Å². The van der Waals surface area contributed by atoms with Gasteiger partial charge in [-0.25, -0.2) is 8.96 Å². The number of primary amides is 1. The molecule has 0 saturated carbocycles. The summed E-state index contributed by atoms with van der Waals surface area (Å²) < 4.78 is 21.5. The minimum absolute atomic E-state index is 0.336. The van der Waals surface area contributed by atoms with Crippen LogP contribution in [-0.4, -0.2) is 20.6 Å². The van der Waals surface area contributed by atoms with Crippen molar-refractivity contribution >= 4 is 13.7 Å². The molecular formula is C9H13FNO5P. The minimum atomic E-state index is -4.64. The zero-order chi connectivity index (χ0) is 13.6. The molecule has 0 unspecified atom stereocenters. The zero-order valence-electron chi connectivity index (χ0n) is 9.00. The molecule has 1 aromatic carbocycles. The van der Waals surface area contributed by atoms with Crippen LogP contribution in [0.1, 0.15) is 22.8 Å². The van der Waals surface area contributed by atoms with Gasteiger partial charge in [-0.05, 0) is 30.2 Å². The van der Waals surface area contributed by atoms with Crippen LogP contribution in [0.2, 0.25) is 0 Å². The van der Waals surface area contributed by atoms with E-state index in [0.29, 0.717) is 17.5 Å². The molecular weight excluding hydrogens is 252 g/mol. The van der Waals surface area contributed by atoms with Gasteiger partial charge < -0.3 is 20.4 Å². The van der Waals surface area contributed by atoms with Crippen LogP contribution in [0.25, 0.3) is 0 Å². The Balaban J connectivity index is 0.000000437. The summed E-state index contributed by atoms with van der Waals surface area (Å²) in [5, 5.41) is 0. The van der Waals surface area contributed by atoms with Crippen molar-refractivity contribution in [2.45, 2.75) is 13.3 Å². The molecule has 0 radical (unpaired) electrons. The lowest BCUT2D eigenvalue weighted by Gasteiger charge is -2.02. The standard InChI is InChI=1S/C9H10FNO.H3O4P/c1-2-6-5-7(10)3-4-8(6)9(11)12;1-5(2,3)4/h3-5H,2H2,1H3,(H2,11,12);(H3,1,2,3,4). The van der Waals surface area contributed by atoms with Crippen molar-refractivity contribution in [2.24, 2.45) is 5.73 Å².